The first kappa shape index (κ1) is 25.4. The van der Waals surface area contributed by atoms with Gasteiger partial charge in [-0.3, -0.25) is 4.99 Å². The lowest BCUT2D eigenvalue weighted by Gasteiger charge is -2.12. The van der Waals surface area contributed by atoms with E-state index in [1.54, 1.807) is 30.5 Å². The summed E-state index contributed by atoms with van der Waals surface area (Å²) in [6, 6.07) is 21.3. The summed E-state index contributed by atoms with van der Waals surface area (Å²) in [6.45, 7) is 0. The van der Waals surface area contributed by atoms with E-state index in [-0.39, 0.29) is 34.4 Å². The number of hydrogen-bond donors (Lipinski definition) is 1. The molecule has 3 aromatic carbocycles. The molecule has 1 atom stereocenters. The summed E-state index contributed by atoms with van der Waals surface area (Å²) in [5.74, 6) is -0.716. The van der Waals surface area contributed by atoms with Gasteiger partial charge in [0.1, 0.15) is 5.84 Å². The highest BCUT2D eigenvalue weighted by molar-refractivity contribution is 6.32. The lowest BCUT2D eigenvalue weighted by atomic mass is 9.99. The molecule has 10 heteroatoms. The van der Waals surface area contributed by atoms with Crippen LogP contribution in [0.4, 0.5) is 13.2 Å². The van der Waals surface area contributed by atoms with Crippen molar-refractivity contribution in [3.63, 3.8) is 0 Å². The zero-order valence-corrected chi connectivity index (χ0v) is 20.5. The molecule has 0 spiro atoms. The van der Waals surface area contributed by atoms with Crippen molar-refractivity contribution in [1.29, 1.82) is 0 Å². The molecule has 1 aliphatic heterocycles. The van der Waals surface area contributed by atoms with E-state index in [2.05, 4.69) is 15.1 Å². The number of benzene rings is 3. The number of alkyl halides is 3. The normalized spacial score (nSPS) is 15.1. The average molecular weight is 537 g/mol. The van der Waals surface area contributed by atoms with Gasteiger partial charge in [0.2, 0.25) is 0 Å². The van der Waals surface area contributed by atoms with Crippen molar-refractivity contribution in [3.8, 4) is 16.9 Å². The van der Waals surface area contributed by atoms with E-state index in [4.69, 9.17) is 11.6 Å². The van der Waals surface area contributed by atoms with Crippen LogP contribution in [0.1, 0.15) is 27.2 Å². The highest BCUT2D eigenvalue weighted by Gasteiger charge is 2.35. The second kappa shape index (κ2) is 10.3. The van der Waals surface area contributed by atoms with Gasteiger partial charge < -0.3 is 5.11 Å². The second-order valence-corrected chi connectivity index (χ2v) is 9.12. The van der Waals surface area contributed by atoms with Gasteiger partial charge in [-0.05, 0) is 47.9 Å². The Balaban J connectivity index is 1.52. The molecule has 0 saturated heterocycles. The van der Waals surface area contributed by atoms with Gasteiger partial charge in [-0.15, -0.1) is 0 Å². The molecule has 4 aromatic rings. The highest BCUT2D eigenvalue weighted by atomic mass is 35.5. The third-order valence-electron chi connectivity index (χ3n) is 6.06. The predicted octanol–water partition coefficient (Wildman–Crippen LogP) is 6.55. The Kier molecular flexibility index (Phi) is 6.86. The van der Waals surface area contributed by atoms with E-state index in [1.165, 1.54) is 18.2 Å². The standard InChI is InChI=1S/C28H20ClF3N4O2/c29-22-8-4-5-9-23(22)36-24(15-25(35-36)28(30,31)32)18-10-11-21(27(37)38)19(13-18)14-26-33-16-20(34-26)12-17-6-2-1-3-7-17/h1-11,13,15-16,20H,12,14H2,(H,37,38). The van der Waals surface area contributed by atoms with Crippen molar-refractivity contribution in [1.82, 2.24) is 9.78 Å². The molecule has 1 N–H and O–H groups in total. The second-order valence-electron chi connectivity index (χ2n) is 8.71. The highest BCUT2D eigenvalue weighted by Crippen LogP contribution is 2.35. The quantitative estimate of drug-likeness (QED) is 0.291. The van der Waals surface area contributed by atoms with Gasteiger partial charge in [-0.25, -0.2) is 14.5 Å². The lowest BCUT2D eigenvalue weighted by molar-refractivity contribution is -0.141. The van der Waals surface area contributed by atoms with Crippen LogP contribution in [0.5, 0.6) is 0 Å². The van der Waals surface area contributed by atoms with Crippen molar-refractivity contribution in [2.45, 2.75) is 25.1 Å². The van der Waals surface area contributed by atoms with E-state index >= 15 is 0 Å². The molecule has 192 valence electrons. The molecule has 0 saturated carbocycles. The van der Waals surface area contributed by atoms with Crippen LogP contribution in [0.3, 0.4) is 0 Å². The summed E-state index contributed by atoms with van der Waals surface area (Å²) < 4.78 is 41.9. The Morgan fingerprint density at radius 3 is 2.45 bits per heavy atom. The Labute approximate surface area is 220 Å². The van der Waals surface area contributed by atoms with Crippen LogP contribution in [0.15, 0.2) is 88.8 Å². The van der Waals surface area contributed by atoms with Crippen molar-refractivity contribution < 1.29 is 23.1 Å². The number of halogens is 4. The topological polar surface area (TPSA) is 79.8 Å². The predicted molar refractivity (Wildman–Crippen MR) is 140 cm³/mol. The number of aliphatic imine (C=N–C) groups is 2. The SMILES string of the molecule is O=C(O)c1ccc(-c2cc(C(F)(F)F)nn2-c2ccccc2Cl)cc1CC1=NC(Cc2ccccc2)C=N1. The fourth-order valence-corrected chi connectivity index (χ4v) is 4.50. The third-order valence-corrected chi connectivity index (χ3v) is 6.38. The molecule has 2 heterocycles. The van der Waals surface area contributed by atoms with Crippen LogP contribution in [-0.4, -0.2) is 38.9 Å². The Hall–Kier alpha value is -4.24. The van der Waals surface area contributed by atoms with E-state index in [9.17, 15) is 23.1 Å². The van der Waals surface area contributed by atoms with Crippen LogP contribution in [0.2, 0.25) is 5.02 Å². The Morgan fingerprint density at radius 2 is 1.74 bits per heavy atom. The van der Waals surface area contributed by atoms with Gasteiger partial charge >= 0.3 is 12.1 Å². The number of carbonyl (C=O) groups is 1. The number of nitrogens with zero attached hydrogens (tertiary/aromatic N) is 4. The van der Waals surface area contributed by atoms with Crippen molar-refractivity contribution in [2.24, 2.45) is 9.98 Å². The van der Waals surface area contributed by atoms with Crippen LogP contribution >= 0.6 is 11.6 Å². The molecule has 1 aromatic heterocycles. The number of para-hydroxylation sites is 1. The maximum absolute atomic E-state index is 13.6. The first-order valence-electron chi connectivity index (χ1n) is 11.6. The van der Waals surface area contributed by atoms with Crippen LogP contribution in [-0.2, 0) is 19.0 Å². The fraction of sp³-hybridized carbons (Fsp3) is 0.143. The van der Waals surface area contributed by atoms with E-state index < -0.39 is 17.8 Å². The smallest absolute Gasteiger partial charge is 0.435 e. The first-order valence-corrected chi connectivity index (χ1v) is 12.0. The summed E-state index contributed by atoms with van der Waals surface area (Å²) in [7, 11) is 0. The molecule has 1 unspecified atom stereocenters. The molecule has 38 heavy (non-hydrogen) atoms. The number of carboxylic acid groups (broad SMARTS) is 1. The number of amidine groups is 1. The van der Waals surface area contributed by atoms with Gasteiger partial charge in [0, 0.05) is 18.2 Å². The summed E-state index contributed by atoms with van der Waals surface area (Å²) in [5, 5.41) is 13.8. The zero-order valence-electron chi connectivity index (χ0n) is 19.7. The van der Waals surface area contributed by atoms with Gasteiger partial charge in [-0.1, -0.05) is 60.1 Å². The maximum atomic E-state index is 13.6. The van der Waals surface area contributed by atoms with Crippen molar-refractivity contribution in [3.05, 3.63) is 106 Å². The monoisotopic (exact) mass is 536 g/mol. The molecule has 5 rings (SSSR count). The Morgan fingerprint density at radius 1 is 1.00 bits per heavy atom. The minimum atomic E-state index is -4.69. The average Bonchev–Trinajstić information content (AvgIpc) is 3.52. The number of hydrogen-bond acceptors (Lipinski definition) is 4. The molecular formula is C28H20ClF3N4O2. The molecule has 0 fully saturated rings. The van der Waals surface area contributed by atoms with E-state index in [0.29, 0.717) is 23.4 Å². The lowest BCUT2D eigenvalue weighted by Crippen LogP contribution is -2.09. The number of aromatic carboxylic acids is 1. The largest absolute Gasteiger partial charge is 0.478 e. The van der Waals surface area contributed by atoms with Crippen molar-refractivity contribution in [2.75, 3.05) is 0 Å². The van der Waals surface area contributed by atoms with Gasteiger partial charge in [0.15, 0.2) is 5.69 Å². The van der Waals surface area contributed by atoms with Gasteiger partial charge in [-0.2, -0.15) is 18.3 Å². The summed E-state index contributed by atoms with van der Waals surface area (Å²) in [5.41, 5.74) is 1.10. The van der Waals surface area contributed by atoms with Crippen LogP contribution < -0.4 is 0 Å². The molecule has 6 nitrogen and oxygen atoms in total. The van der Waals surface area contributed by atoms with E-state index in [0.717, 1.165) is 16.3 Å². The Bertz CT molecular complexity index is 1560. The van der Waals surface area contributed by atoms with Crippen LogP contribution in [0.25, 0.3) is 16.9 Å². The third kappa shape index (κ3) is 5.38. The minimum Gasteiger partial charge on any atom is -0.478 e. The van der Waals surface area contributed by atoms with Crippen molar-refractivity contribution >= 4 is 29.6 Å². The number of rotatable bonds is 7. The fourth-order valence-electron chi connectivity index (χ4n) is 4.29. The zero-order chi connectivity index (χ0) is 26.9. The molecular weight excluding hydrogens is 517 g/mol. The summed E-state index contributed by atoms with van der Waals surface area (Å²) in [6.07, 6.45) is -2.22. The van der Waals surface area contributed by atoms with Crippen LogP contribution in [0, 0.1) is 0 Å². The minimum absolute atomic E-state index is 0.0120. The maximum Gasteiger partial charge on any atom is 0.435 e. The number of aromatic nitrogens is 2. The van der Waals surface area contributed by atoms with E-state index in [1.807, 2.05) is 30.3 Å². The molecule has 0 radical (unpaired) electrons. The number of carboxylic acids is 1. The summed E-state index contributed by atoms with van der Waals surface area (Å²) >= 11 is 6.27. The molecule has 0 bridgehead atoms. The summed E-state index contributed by atoms with van der Waals surface area (Å²) in [4.78, 5) is 20.9. The molecule has 0 aliphatic carbocycles. The molecule has 1 aliphatic rings. The molecule has 0 amide bonds. The first-order chi connectivity index (χ1) is 18.2. The van der Waals surface area contributed by atoms with Gasteiger partial charge in [0.05, 0.1) is 28.0 Å². The van der Waals surface area contributed by atoms with Gasteiger partial charge in [0.25, 0.3) is 0 Å².